The highest BCUT2D eigenvalue weighted by atomic mass is 32.1. The highest BCUT2D eigenvalue weighted by Crippen LogP contribution is 2.10. The quantitative estimate of drug-likeness (QED) is 0.634. The lowest BCUT2D eigenvalue weighted by atomic mass is 10.1. The standard InChI is InChI=1S/C13H18N6O2S/c1-8-10(9(2)19-18-8)3-4-14-12(21)16-7-11(20)17-13-15-5-6-22-13/h5-6H,3-4,7H2,1-2H3,(H,18,19)(H2,14,16,21)(H,15,17,20). The van der Waals surface area contributed by atoms with E-state index in [9.17, 15) is 9.59 Å². The van der Waals surface area contributed by atoms with Gasteiger partial charge in [0.1, 0.15) is 0 Å². The van der Waals surface area contributed by atoms with Crippen molar-refractivity contribution >= 4 is 28.4 Å². The van der Waals surface area contributed by atoms with Gasteiger partial charge in [-0.25, -0.2) is 9.78 Å². The third-order valence-corrected chi connectivity index (χ3v) is 3.72. The molecule has 0 unspecified atom stereocenters. The summed E-state index contributed by atoms with van der Waals surface area (Å²) >= 11 is 1.32. The lowest BCUT2D eigenvalue weighted by molar-refractivity contribution is -0.115. The molecule has 4 N–H and O–H groups in total. The van der Waals surface area contributed by atoms with Crippen LogP contribution in [0.15, 0.2) is 11.6 Å². The van der Waals surface area contributed by atoms with Crippen LogP contribution in [0.3, 0.4) is 0 Å². The van der Waals surface area contributed by atoms with Gasteiger partial charge in [0.25, 0.3) is 0 Å². The molecule has 22 heavy (non-hydrogen) atoms. The van der Waals surface area contributed by atoms with Gasteiger partial charge >= 0.3 is 6.03 Å². The van der Waals surface area contributed by atoms with Crippen LogP contribution in [0.4, 0.5) is 9.93 Å². The average Bonchev–Trinajstić information content (AvgIpc) is 3.09. The highest BCUT2D eigenvalue weighted by molar-refractivity contribution is 7.13. The first-order valence-corrected chi connectivity index (χ1v) is 7.65. The van der Waals surface area contributed by atoms with Crippen molar-refractivity contribution in [2.45, 2.75) is 20.3 Å². The maximum Gasteiger partial charge on any atom is 0.315 e. The smallest absolute Gasteiger partial charge is 0.315 e. The maximum atomic E-state index is 11.6. The number of aromatic nitrogens is 3. The average molecular weight is 322 g/mol. The number of rotatable bonds is 6. The number of urea groups is 1. The van der Waals surface area contributed by atoms with Crippen molar-refractivity contribution < 1.29 is 9.59 Å². The fourth-order valence-corrected chi connectivity index (χ4v) is 2.46. The number of nitrogens with one attached hydrogen (secondary N) is 4. The molecule has 0 saturated carbocycles. The molecule has 0 aliphatic carbocycles. The molecule has 8 nitrogen and oxygen atoms in total. The fourth-order valence-electron chi connectivity index (χ4n) is 1.92. The molecule has 118 valence electrons. The number of aryl methyl sites for hydroxylation is 2. The van der Waals surface area contributed by atoms with Crippen LogP contribution in [0, 0.1) is 13.8 Å². The van der Waals surface area contributed by atoms with E-state index < -0.39 is 0 Å². The SMILES string of the molecule is Cc1n[nH]c(C)c1CCNC(=O)NCC(=O)Nc1nccs1. The molecule has 0 atom stereocenters. The van der Waals surface area contributed by atoms with Crippen molar-refractivity contribution in [3.8, 4) is 0 Å². The second-order valence-corrected chi connectivity index (χ2v) is 5.55. The number of hydrogen-bond acceptors (Lipinski definition) is 5. The summed E-state index contributed by atoms with van der Waals surface area (Å²) in [5.41, 5.74) is 3.03. The molecule has 2 heterocycles. The molecule has 0 bridgehead atoms. The number of hydrogen-bond donors (Lipinski definition) is 4. The topological polar surface area (TPSA) is 112 Å². The predicted octanol–water partition coefficient (Wildman–Crippen LogP) is 0.963. The van der Waals surface area contributed by atoms with E-state index in [-0.39, 0.29) is 18.5 Å². The normalized spacial score (nSPS) is 10.3. The van der Waals surface area contributed by atoms with E-state index >= 15 is 0 Å². The maximum absolute atomic E-state index is 11.6. The number of amides is 3. The lowest BCUT2D eigenvalue weighted by Gasteiger charge is -2.07. The Morgan fingerprint density at radius 1 is 1.32 bits per heavy atom. The van der Waals surface area contributed by atoms with Crippen LogP contribution in [-0.2, 0) is 11.2 Å². The van der Waals surface area contributed by atoms with E-state index in [4.69, 9.17) is 0 Å². The number of thiazole rings is 1. The zero-order valence-corrected chi connectivity index (χ0v) is 13.2. The molecule has 3 amide bonds. The molecule has 2 rings (SSSR count). The third kappa shape index (κ3) is 4.55. The number of anilines is 1. The van der Waals surface area contributed by atoms with Crippen molar-refractivity contribution in [1.82, 2.24) is 25.8 Å². The summed E-state index contributed by atoms with van der Waals surface area (Å²) in [7, 11) is 0. The zero-order valence-electron chi connectivity index (χ0n) is 12.4. The number of carbonyl (C=O) groups excluding carboxylic acids is 2. The molecule has 0 radical (unpaired) electrons. The fraction of sp³-hybridized carbons (Fsp3) is 0.385. The van der Waals surface area contributed by atoms with Gasteiger partial charge in [-0.05, 0) is 25.8 Å². The van der Waals surface area contributed by atoms with Gasteiger partial charge in [0.05, 0.1) is 12.2 Å². The first-order chi connectivity index (χ1) is 10.6. The molecule has 2 aromatic heterocycles. The molecule has 0 saturated heterocycles. The Labute approximate surface area is 131 Å². The van der Waals surface area contributed by atoms with Crippen molar-refractivity contribution in [2.24, 2.45) is 0 Å². The van der Waals surface area contributed by atoms with E-state index in [1.807, 2.05) is 13.8 Å². The van der Waals surface area contributed by atoms with E-state index in [2.05, 4.69) is 31.1 Å². The van der Waals surface area contributed by atoms with Gasteiger partial charge in [0.2, 0.25) is 5.91 Å². The van der Waals surface area contributed by atoms with Crippen LogP contribution in [0.25, 0.3) is 0 Å². The predicted molar refractivity (Wildman–Crippen MR) is 83.9 cm³/mol. The van der Waals surface area contributed by atoms with Crippen molar-refractivity contribution in [3.63, 3.8) is 0 Å². The van der Waals surface area contributed by atoms with Crippen LogP contribution < -0.4 is 16.0 Å². The van der Waals surface area contributed by atoms with Gasteiger partial charge in [0, 0.05) is 23.8 Å². The third-order valence-electron chi connectivity index (χ3n) is 3.03. The summed E-state index contributed by atoms with van der Waals surface area (Å²) in [5, 5.41) is 17.1. The molecule has 0 aromatic carbocycles. The number of nitrogens with zero attached hydrogens (tertiary/aromatic N) is 2. The Morgan fingerprint density at radius 2 is 2.14 bits per heavy atom. The van der Waals surface area contributed by atoms with Crippen LogP contribution in [-0.4, -0.2) is 40.2 Å². The largest absolute Gasteiger partial charge is 0.338 e. The Morgan fingerprint density at radius 3 is 2.77 bits per heavy atom. The molecule has 0 fully saturated rings. The minimum absolute atomic E-state index is 0.102. The second kappa shape index (κ2) is 7.55. The number of aromatic amines is 1. The molecule has 2 aromatic rings. The Balaban J connectivity index is 1.65. The first-order valence-electron chi connectivity index (χ1n) is 6.77. The van der Waals surface area contributed by atoms with Crippen LogP contribution in [0.5, 0.6) is 0 Å². The van der Waals surface area contributed by atoms with Crippen molar-refractivity contribution in [3.05, 3.63) is 28.5 Å². The van der Waals surface area contributed by atoms with Crippen LogP contribution in [0.1, 0.15) is 17.0 Å². The van der Waals surface area contributed by atoms with Gasteiger partial charge in [-0.15, -0.1) is 11.3 Å². The second-order valence-electron chi connectivity index (χ2n) is 4.66. The van der Waals surface area contributed by atoms with Crippen molar-refractivity contribution in [1.29, 1.82) is 0 Å². The summed E-state index contributed by atoms with van der Waals surface area (Å²) in [6, 6.07) is -0.381. The highest BCUT2D eigenvalue weighted by Gasteiger charge is 2.08. The number of H-pyrrole nitrogens is 1. The molecular weight excluding hydrogens is 304 g/mol. The monoisotopic (exact) mass is 322 g/mol. The minimum atomic E-state index is -0.381. The van der Waals surface area contributed by atoms with Gasteiger partial charge in [-0.3, -0.25) is 9.89 Å². The van der Waals surface area contributed by atoms with Crippen molar-refractivity contribution in [2.75, 3.05) is 18.4 Å². The van der Waals surface area contributed by atoms with E-state index in [1.165, 1.54) is 11.3 Å². The van der Waals surface area contributed by atoms with Gasteiger partial charge in [0.15, 0.2) is 5.13 Å². The Hall–Kier alpha value is -2.42. The number of carbonyl (C=O) groups is 2. The molecule has 0 aliphatic rings. The molecular formula is C13H18N6O2S. The Kier molecular flexibility index (Phi) is 5.48. The van der Waals surface area contributed by atoms with E-state index in [0.29, 0.717) is 18.1 Å². The first kappa shape index (κ1) is 16.0. The molecule has 0 spiro atoms. The summed E-state index contributed by atoms with van der Waals surface area (Å²) in [6.45, 7) is 4.23. The Bertz CT molecular complexity index is 618. The van der Waals surface area contributed by atoms with Gasteiger partial charge in [-0.2, -0.15) is 5.10 Å². The van der Waals surface area contributed by atoms with E-state index in [1.54, 1.807) is 11.6 Å². The van der Waals surface area contributed by atoms with Gasteiger partial charge < -0.3 is 16.0 Å². The zero-order chi connectivity index (χ0) is 15.9. The van der Waals surface area contributed by atoms with Crippen LogP contribution >= 0.6 is 11.3 Å². The molecule has 0 aliphatic heterocycles. The minimum Gasteiger partial charge on any atom is -0.338 e. The molecule has 9 heteroatoms. The van der Waals surface area contributed by atoms with Gasteiger partial charge in [-0.1, -0.05) is 0 Å². The summed E-state index contributed by atoms with van der Waals surface area (Å²) < 4.78 is 0. The summed E-state index contributed by atoms with van der Waals surface area (Å²) in [5.74, 6) is -0.313. The summed E-state index contributed by atoms with van der Waals surface area (Å²) in [6.07, 6.45) is 2.28. The van der Waals surface area contributed by atoms with E-state index in [0.717, 1.165) is 17.0 Å². The lowest BCUT2D eigenvalue weighted by Crippen LogP contribution is -2.40. The van der Waals surface area contributed by atoms with Crippen LogP contribution in [0.2, 0.25) is 0 Å². The summed E-state index contributed by atoms with van der Waals surface area (Å²) in [4.78, 5) is 27.1.